The Labute approximate surface area is 159 Å². The molecule has 4 nitrogen and oxygen atoms in total. The Morgan fingerprint density at radius 3 is 1.96 bits per heavy atom. The van der Waals surface area contributed by atoms with Gasteiger partial charge in [-0.05, 0) is 38.8 Å². The van der Waals surface area contributed by atoms with Gasteiger partial charge in [0.1, 0.15) is 5.60 Å². The zero-order chi connectivity index (χ0) is 19.2. The Kier molecular flexibility index (Phi) is 4.21. The van der Waals surface area contributed by atoms with Crippen molar-refractivity contribution >= 4 is 5.78 Å². The molecule has 4 heteroatoms. The first-order valence-corrected chi connectivity index (χ1v) is 9.33. The molecule has 1 saturated heterocycles. The fraction of sp³-hybridized carbons (Fsp3) is 0.348. The Balaban J connectivity index is 1.87. The molecule has 0 unspecified atom stereocenters. The molecule has 140 valence electrons. The summed E-state index contributed by atoms with van der Waals surface area (Å²) in [5, 5.41) is 0. The first-order chi connectivity index (χ1) is 12.9. The minimum absolute atomic E-state index is 0.0779. The van der Waals surface area contributed by atoms with Crippen LogP contribution in [0.5, 0.6) is 0 Å². The smallest absolute Gasteiger partial charge is 0.295 e. The second-order valence-corrected chi connectivity index (χ2v) is 7.40. The summed E-state index contributed by atoms with van der Waals surface area (Å²) in [5.41, 5.74) is 1.56. The van der Waals surface area contributed by atoms with E-state index in [0.29, 0.717) is 11.3 Å². The van der Waals surface area contributed by atoms with Crippen LogP contribution in [0.2, 0.25) is 0 Å². The van der Waals surface area contributed by atoms with Gasteiger partial charge in [-0.2, -0.15) is 0 Å². The Bertz CT molecular complexity index is 846. The number of carbonyl (C=O) groups is 1. The van der Waals surface area contributed by atoms with Crippen molar-refractivity contribution in [2.75, 3.05) is 0 Å². The summed E-state index contributed by atoms with van der Waals surface area (Å²) in [5.74, 6) is -1.15. The number of Topliss-reactive ketones (excluding diaryl/α,β-unsaturated/α-hetero) is 1. The highest BCUT2D eigenvalue weighted by atomic mass is 16.8. The van der Waals surface area contributed by atoms with Crippen molar-refractivity contribution in [1.82, 2.24) is 0 Å². The van der Waals surface area contributed by atoms with Crippen LogP contribution in [0.3, 0.4) is 0 Å². The van der Waals surface area contributed by atoms with Crippen LogP contribution < -0.4 is 0 Å². The third-order valence-corrected chi connectivity index (χ3v) is 5.26. The minimum Gasteiger partial charge on any atom is -0.489 e. The summed E-state index contributed by atoms with van der Waals surface area (Å²) in [4.78, 5) is 12.9. The van der Waals surface area contributed by atoms with Crippen LogP contribution in [-0.4, -0.2) is 23.8 Å². The van der Waals surface area contributed by atoms with E-state index in [1.165, 1.54) is 0 Å². The quantitative estimate of drug-likeness (QED) is 0.809. The maximum atomic E-state index is 12.9. The average Bonchev–Trinajstić information content (AvgIpc) is 3.03. The highest BCUT2D eigenvalue weighted by molar-refractivity contribution is 6.10. The fourth-order valence-electron chi connectivity index (χ4n) is 4.03. The van der Waals surface area contributed by atoms with Crippen molar-refractivity contribution in [2.24, 2.45) is 0 Å². The maximum Gasteiger partial charge on any atom is 0.295 e. The maximum absolute atomic E-state index is 12.9. The molecule has 0 amide bonds. The van der Waals surface area contributed by atoms with Crippen LogP contribution in [0, 0.1) is 0 Å². The summed E-state index contributed by atoms with van der Waals surface area (Å²) in [6, 6.07) is 19.8. The molecule has 1 spiro atoms. The molecule has 0 aromatic heterocycles. The van der Waals surface area contributed by atoms with Crippen LogP contribution >= 0.6 is 0 Å². The third kappa shape index (κ3) is 2.47. The second-order valence-electron chi connectivity index (χ2n) is 7.40. The lowest BCUT2D eigenvalue weighted by molar-refractivity contribution is -0.203. The van der Waals surface area contributed by atoms with E-state index in [0.717, 1.165) is 11.1 Å². The molecular formula is C23H24O4. The molecule has 27 heavy (non-hydrogen) atoms. The summed E-state index contributed by atoms with van der Waals surface area (Å²) in [6.45, 7) is 7.56. The normalized spacial score (nSPS) is 26.6. The van der Waals surface area contributed by atoms with Crippen molar-refractivity contribution in [3.8, 4) is 0 Å². The largest absolute Gasteiger partial charge is 0.489 e. The summed E-state index contributed by atoms with van der Waals surface area (Å²) < 4.78 is 18.8. The Hall–Kier alpha value is -2.43. The molecule has 1 aliphatic carbocycles. The number of carbonyl (C=O) groups excluding carboxylic acids is 1. The Morgan fingerprint density at radius 2 is 1.48 bits per heavy atom. The zero-order valence-electron chi connectivity index (χ0n) is 16.1. The molecule has 0 radical (unpaired) electrons. The van der Waals surface area contributed by atoms with Gasteiger partial charge >= 0.3 is 0 Å². The standard InChI is InChI=1S/C23H24O4/c1-15(2)25-21-16(3)20(24)23(21)26-17(4)22(27-23,18-11-7-5-8-12-18)19-13-9-6-10-14-19/h5-15,17H,1-4H3/t17-,23+/m0/s1. The van der Waals surface area contributed by atoms with Crippen LogP contribution in [0.1, 0.15) is 38.8 Å². The Morgan fingerprint density at radius 1 is 0.963 bits per heavy atom. The lowest BCUT2D eigenvalue weighted by Crippen LogP contribution is -2.54. The van der Waals surface area contributed by atoms with Gasteiger partial charge in [0, 0.05) is 5.57 Å². The zero-order valence-corrected chi connectivity index (χ0v) is 16.1. The van der Waals surface area contributed by atoms with Gasteiger partial charge in [0.15, 0.2) is 5.76 Å². The number of rotatable bonds is 4. The van der Waals surface area contributed by atoms with Crippen LogP contribution in [0.4, 0.5) is 0 Å². The van der Waals surface area contributed by atoms with E-state index in [9.17, 15) is 4.79 Å². The summed E-state index contributed by atoms with van der Waals surface area (Å²) >= 11 is 0. The van der Waals surface area contributed by atoms with Gasteiger partial charge in [-0.25, -0.2) is 0 Å². The van der Waals surface area contributed by atoms with Gasteiger partial charge < -0.3 is 14.2 Å². The first kappa shape index (κ1) is 18.0. The predicted molar refractivity (Wildman–Crippen MR) is 102 cm³/mol. The average molecular weight is 364 g/mol. The van der Waals surface area contributed by atoms with Crippen molar-refractivity contribution in [2.45, 2.75) is 51.3 Å². The fourth-order valence-corrected chi connectivity index (χ4v) is 4.03. The van der Waals surface area contributed by atoms with Crippen molar-refractivity contribution < 1.29 is 19.0 Å². The van der Waals surface area contributed by atoms with Gasteiger partial charge in [0.05, 0.1) is 12.2 Å². The van der Waals surface area contributed by atoms with E-state index in [1.807, 2.05) is 81.4 Å². The van der Waals surface area contributed by atoms with Gasteiger partial charge in [-0.15, -0.1) is 0 Å². The SMILES string of the molecule is CC1=C(OC(C)C)[C@@]2(O[C@@H](C)C(c3ccccc3)(c3ccccc3)O2)C1=O. The van der Waals surface area contributed by atoms with Crippen molar-refractivity contribution in [3.05, 3.63) is 83.1 Å². The molecule has 2 aromatic rings. The number of ketones is 1. The van der Waals surface area contributed by atoms with E-state index >= 15 is 0 Å². The summed E-state index contributed by atoms with van der Waals surface area (Å²) in [7, 11) is 0. The summed E-state index contributed by atoms with van der Waals surface area (Å²) in [6.07, 6.45) is -0.462. The van der Waals surface area contributed by atoms with E-state index in [4.69, 9.17) is 14.2 Å². The lowest BCUT2D eigenvalue weighted by atomic mass is 9.82. The molecule has 2 aromatic carbocycles. The molecule has 2 atom stereocenters. The van der Waals surface area contributed by atoms with E-state index < -0.39 is 11.4 Å². The van der Waals surface area contributed by atoms with Gasteiger partial charge in [0.25, 0.3) is 5.79 Å². The van der Waals surface area contributed by atoms with Crippen LogP contribution in [0.25, 0.3) is 0 Å². The predicted octanol–water partition coefficient (Wildman–Crippen LogP) is 4.34. The minimum atomic E-state index is -1.47. The topological polar surface area (TPSA) is 44.8 Å². The van der Waals surface area contributed by atoms with Crippen molar-refractivity contribution in [1.29, 1.82) is 0 Å². The lowest BCUT2D eigenvalue weighted by Gasteiger charge is -2.40. The number of hydrogen-bond acceptors (Lipinski definition) is 4. The van der Waals surface area contributed by atoms with E-state index in [2.05, 4.69) is 0 Å². The molecular weight excluding hydrogens is 340 g/mol. The van der Waals surface area contributed by atoms with E-state index in [1.54, 1.807) is 6.92 Å². The highest BCUT2D eigenvalue weighted by Gasteiger charge is 2.68. The van der Waals surface area contributed by atoms with Gasteiger partial charge in [-0.3, -0.25) is 4.79 Å². The van der Waals surface area contributed by atoms with Crippen molar-refractivity contribution in [3.63, 3.8) is 0 Å². The third-order valence-electron chi connectivity index (χ3n) is 5.26. The van der Waals surface area contributed by atoms with Crippen LogP contribution in [-0.2, 0) is 24.6 Å². The second kappa shape index (κ2) is 6.32. The number of ether oxygens (including phenoxy) is 3. The van der Waals surface area contributed by atoms with Gasteiger partial charge in [-0.1, -0.05) is 60.7 Å². The highest BCUT2D eigenvalue weighted by Crippen LogP contribution is 2.55. The molecule has 1 aliphatic heterocycles. The molecule has 0 bridgehead atoms. The first-order valence-electron chi connectivity index (χ1n) is 9.33. The molecule has 0 N–H and O–H groups in total. The number of benzene rings is 2. The molecule has 0 saturated carbocycles. The monoisotopic (exact) mass is 364 g/mol. The molecule has 4 rings (SSSR count). The van der Waals surface area contributed by atoms with Crippen LogP contribution in [0.15, 0.2) is 72.0 Å². The van der Waals surface area contributed by atoms with Gasteiger partial charge in [0.2, 0.25) is 5.78 Å². The van der Waals surface area contributed by atoms with E-state index in [-0.39, 0.29) is 18.0 Å². The number of hydrogen-bond donors (Lipinski definition) is 0. The molecule has 2 aliphatic rings. The molecule has 1 fully saturated rings. The molecule has 1 heterocycles.